The van der Waals surface area contributed by atoms with E-state index in [2.05, 4.69) is 72.5 Å². The molecule has 598 valence electrons. The molecule has 0 spiro atoms. The molecule has 1 atom stereocenters. The Morgan fingerprint density at radius 3 is 1.25 bits per heavy atom. The molecule has 0 saturated heterocycles. The second kappa shape index (κ2) is 38.5. The number of aliphatic imine (C=N–C) groups is 3. The maximum Gasteiger partial charge on any atom is 0.317 e. The van der Waals surface area contributed by atoms with Crippen LogP contribution in [0.1, 0.15) is 110 Å². The molecule has 0 saturated carbocycles. The van der Waals surface area contributed by atoms with Gasteiger partial charge in [-0.05, 0) is 69.7 Å². The molecule has 8 rings (SSSR count). The Balaban J connectivity index is 0.720. The van der Waals surface area contributed by atoms with E-state index in [4.69, 9.17) is 15.9 Å². The van der Waals surface area contributed by atoms with Crippen molar-refractivity contribution in [1.82, 2.24) is 76.8 Å². The van der Waals surface area contributed by atoms with Crippen LogP contribution in [0.3, 0.4) is 0 Å². The first-order chi connectivity index (χ1) is 53.1. The molecule has 8 aromatic heterocycles. The van der Waals surface area contributed by atoms with Crippen LogP contribution in [0.15, 0.2) is 101 Å². The third kappa shape index (κ3) is 24.0. The fourth-order valence-electron chi connectivity index (χ4n) is 11.4. The highest BCUT2D eigenvalue weighted by molar-refractivity contribution is 6.10. The topological polar surface area (TPSA) is 556 Å². The number of rotatable bonds is 41. The molecule has 43 nitrogen and oxygen atoms in total. The molecule has 8 amide bonds. The van der Waals surface area contributed by atoms with E-state index in [-0.39, 0.29) is 144 Å². The van der Waals surface area contributed by atoms with Crippen molar-refractivity contribution < 1.29 is 83.4 Å². The highest BCUT2D eigenvalue weighted by Crippen LogP contribution is 2.23. The van der Waals surface area contributed by atoms with Crippen molar-refractivity contribution in [2.45, 2.75) is 31.7 Å². The number of amides is 8. The zero-order valence-corrected chi connectivity index (χ0v) is 62.8. The Morgan fingerprint density at radius 2 is 0.821 bits per heavy atom. The van der Waals surface area contributed by atoms with Gasteiger partial charge in [0.05, 0.1) is 66.9 Å². The molecule has 0 aromatic carbocycles. The average molecular weight is 1560 g/mol. The third-order valence-corrected chi connectivity index (χ3v) is 17.0. The van der Waals surface area contributed by atoms with Crippen LogP contribution in [0.2, 0.25) is 0 Å². The average Bonchev–Trinajstić information content (AvgIpc) is 1.68. The number of hydrogen-bond acceptors (Lipinski definition) is 21. The number of aromatic nitrogens is 11. The van der Waals surface area contributed by atoms with Gasteiger partial charge in [0, 0.05) is 152 Å². The number of nitrogens with two attached hydrogens (primary N) is 1. The van der Waals surface area contributed by atoms with Crippen molar-refractivity contribution in [3.8, 4) is 0 Å². The molecule has 112 heavy (non-hydrogen) atoms. The van der Waals surface area contributed by atoms with E-state index < -0.39 is 96.7 Å². The fraction of sp³-hybridized carbons (Fsp3) is 0.377. The minimum atomic E-state index is -1.24. The van der Waals surface area contributed by atoms with Crippen LogP contribution in [-0.4, -0.2) is 271 Å². The van der Waals surface area contributed by atoms with Gasteiger partial charge in [0.1, 0.15) is 28.5 Å². The third-order valence-electron chi connectivity index (χ3n) is 17.0. The fourth-order valence-corrected chi connectivity index (χ4v) is 11.4. The molecule has 0 fully saturated rings. The SMILES string of the molecule is CN(CCCN=C(O)CCNC(=O)c1cc(NC(=O)c2cc(NC(=O)c3cc(NC(=O)c4nc(N=C(O)[C@@H](N)CCNC(=O)c5cc(NC(=O)c6cc(NC(=O)c7nc(NC(=O)c8nccn8C)cn7C)cn6C)cn5C)cn4C)cn3C)cn2C)cn1C)CCCN=C(O)CN(CCN(CC(=O)O)CC(=O)O)CC(=O)O. The molecule has 0 aliphatic carbocycles. The lowest BCUT2D eigenvalue weighted by Crippen LogP contribution is -2.43. The summed E-state index contributed by atoms with van der Waals surface area (Å²) in [5.41, 5.74) is 8.39. The first kappa shape index (κ1) is 84.1. The highest BCUT2D eigenvalue weighted by Gasteiger charge is 2.26. The van der Waals surface area contributed by atoms with Crippen molar-refractivity contribution in [1.29, 1.82) is 0 Å². The summed E-state index contributed by atoms with van der Waals surface area (Å²) in [7, 11) is 14.6. The monoisotopic (exact) mass is 1550 g/mol. The molecular weight excluding hydrogens is 1460 g/mol. The van der Waals surface area contributed by atoms with E-state index in [9.17, 15) is 73.2 Å². The number of imidazole rings is 3. The van der Waals surface area contributed by atoms with E-state index in [1.165, 1.54) is 128 Å². The Labute approximate surface area is 639 Å². The van der Waals surface area contributed by atoms with Crippen molar-refractivity contribution in [3.63, 3.8) is 0 Å². The van der Waals surface area contributed by atoms with E-state index in [0.29, 0.717) is 38.2 Å². The van der Waals surface area contributed by atoms with Crippen molar-refractivity contribution in [2.24, 2.45) is 77.1 Å². The zero-order chi connectivity index (χ0) is 81.8. The quantitative estimate of drug-likeness (QED) is 0.0146. The predicted molar refractivity (Wildman–Crippen MR) is 408 cm³/mol. The van der Waals surface area contributed by atoms with Gasteiger partial charge in [-0.2, -0.15) is 4.99 Å². The van der Waals surface area contributed by atoms with Crippen LogP contribution >= 0.6 is 0 Å². The minimum absolute atomic E-state index is 0.0155. The molecule has 43 heteroatoms. The Kier molecular flexibility index (Phi) is 28.9. The van der Waals surface area contributed by atoms with Gasteiger partial charge in [-0.1, -0.05) is 0 Å². The lowest BCUT2D eigenvalue weighted by atomic mass is 10.2. The van der Waals surface area contributed by atoms with Crippen LogP contribution in [-0.2, 0) is 70.8 Å². The summed E-state index contributed by atoms with van der Waals surface area (Å²) in [5, 5.41) is 80.8. The van der Waals surface area contributed by atoms with Crippen LogP contribution in [0.25, 0.3) is 0 Å². The number of hydrogen-bond donors (Lipinski definition) is 15. The molecule has 8 heterocycles. The Hall–Kier alpha value is -13.5. The standard InChI is InChI=1S/C69H90N26O17/c1-85(20-11-15-72-54(97)36-94(37-55(98)99)22-23-95(38-56(100)101)39-57(102)103)19-10-14-71-53(96)13-17-75-63(106)47-25-41(30-88(47)4)76-64(107)48-26-42(31-89(48)5)78-66(109)50-28-43(32-91(50)7)79-68(111)59-81-51(34-92(59)8)83-61(104)45(70)12-16-74-62(105)46-24-40(29-87(46)3)77-65(108)49-27-44(33-90(49)6)80-69(112)60-82-52(35-93(60)9)84-67(110)58-73-18-21-86(58)2/h18,21,24-35,45H,10-17,19-20,22-23,36-39,70H2,1-9H3,(H,71,96)(H,72,97)(H,74,105)(H,75,106)(H,76,107)(H,77,108)(H,78,109)(H,79,111)(H,80,112)(H,83,104)(H,84,110)(H,98,99)(H,100,101)(H,102,103)/t45-/m0/s1. The number of carbonyl (C=O) groups is 11. The molecular formula is C69H90N26O17. The number of aliphatic carboxylic acids is 3. The number of aliphatic hydroxyl groups is 3. The van der Waals surface area contributed by atoms with Gasteiger partial charge in [-0.25, -0.2) is 15.0 Å². The predicted octanol–water partition coefficient (Wildman–Crippen LogP) is 1.43. The molecule has 0 unspecified atom stereocenters. The number of carboxylic acids is 3. The van der Waals surface area contributed by atoms with Gasteiger partial charge in [-0.15, -0.1) is 0 Å². The van der Waals surface area contributed by atoms with Crippen LogP contribution in [0.4, 0.5) is 40.1 Å². The summed E-state index contributed by atoms with van der Waals surface area (Å²) in [4.78, 5) is 169. The van der Waals surface area contributed by atoms with Crippen molar-refractivity contribution in [3.05, 3.63) is 132 Å². The van der Waals surface area contributed by atoms with Crippen molar-refractivity contribution in [2.75, 3.05) is 117 Å². The van der Waals surface area contributed by atoms with Crippen LogP contribution in [0, 0.1) is 0 Å². The Bertz CT molecular complexity index is 4880. The molecule has 0 aliphatic rings. The molecule has 0 radical (unpaired) electrons. The summed E-state index contributed by atoms with van der Waals surface area (Å²) < 4.78 is 11.8. The van der Waals surface area contributed by atoms with E-state index in [1.54, 1.807) is 55.5 Å². The summed E-state index contributed by atoms with van der Waals surface area (Å²) in [5.74, 6) is -9.17. The number of carbonyl (C=O) groups excluding carboxylic acids is 8. The number of carboxylic acid groups (broad SMARTS) is 3. The minimum Gasteiger partial charge on any atom is -0.497 e. The van der Waals surface area contributed by atoms with Crippen LogP contribution in [0.5, 0.6) is 0 Å². The smallest absolute Gasteiger partial charge is 0.317 e. The van der Waals surface area contributed by atoms with E-state index in [1.807, 2.05) is 11.9 Å². The number of anilines is 6. The lowest BCUT2D eigenvalue weighted by molar-refractivity contribution is -0.143. The Morgan fingerprint density at radius 1 is 0.438 bits per heavy atom. The maximum atomic E-state index is 13.6. The summed E-state index contributed by atoms with van der Waals surface area (Å²) in [6.07, 6.45) is 14.7. The second-order valence-electron chi connectivity index (χ2n) is 26.1. The molecule has 8 aromatic rings. The largest absolute Gasteiger partial charge is 0.497 e. The molecule has 16 N–H and O–H groups in total. The van der Waals surface area contributed by atoms with Crippen LogP contribution < -0.4 is 48.3 Å². The van der Waals surface area contributed by atoms with Gasteiger partial charge < -0.3 is 120 Å². The zero-order valence-electron chi connectivity index (χ0n) is 62.8. The van der Waals surface area contributed by atoms with Gasteiger partial charge in [-0.3, -0.25) is 72.5 Å². The normalized spacial score (nSPS) is 12.1. The summed E-state index contributed by atoms with van der Waals surface area (Å²) >= 11 is 0. The van der Waals surface area contributed by atoms with Gasteiger partial charge in [0.15, 0.2) is 29.3 Å². The second-order valence-corrected chi connectivity index (χ2v) is 26.1. The van der Waals surface area contributed by atoms with E-state index >= 15 is 0 Å². The van der Waals surface area contributed by atoms with Gasteiger partial charge >= 0.3 is 17.9 Å². The first-order valence-electron chi connectivity index (χ1n) is 34.6. The number of aliphatic hydroxyl groups excluding tert-OH is 3. The summed E-state index contributed by atoms with van der Waals surface area (Å²) in [6, 6.07) is 6.18. The number of nitrogens with zero attached hydrogens (tertiary/aromatic N) is 17. The number of nitrogens with one attached hydrogen (secondary N) is 8. The highest BCUT2D eigenvalue weighted by atomic mass is 16.4. The maximum absolute atomic E-state index is 13.6. The van der Waals surface area contributed by atoms with Crippen molar-refractivity contribution >= 4 is 123 Å². The molecule has 0 bridgehead atoms. The first-order valence-corrected chi connectivity index (χ1v) is 34.6. The van der Waals surface area contributed by atoms with E-state index in [0.717, 1.165) is 4.90 Å². The summed E-state index contributed by atoms with van der Waals surface area (Å²) in [6.45, 7) is -0.187. The van der Waals surface area contributed by atoms with Gasteiger partial charge in [0.2, 0.25) is 17.5 Å². The lowest BCUT2D eigenvalue weighted by Gasteiger charge is -2.24. The van der Waals surface area contributed by atoms with Gasteiger partial charge in [0.25, 0.3) is 47.3 Å². The molecule has 0 aliphatic heterocycles. The number of aryl methyl sites for hydroxylation is 8.